The molecule has 2 aromatic carbocycles. The Morgan fingerprint density at radius 1 is 1.12 bits per heavy atom. The van der Waals surface area contributed by atoms with Crippen LogP contribution in [0, 0.1) is 13.8 Å². The second kappa shape index (κ2) is 7.72. The number of nitrogen functional groups attached to an aromatic ring is 1. The van der Waals surface area contributed by atoms with E-state index in [0.717, 1.165) is 26.7 Å². The van der Waals surface area contributed by atoms with Crippen molar-refractivity contribution in [3.8, 4) is 11.3 Å². The number of nitrogens with two attached hydrogens (primary N) is 1. The number of carbonyl (C=O) groups excluding carboxylic acids is 1. The van der Waals surface area contributed by atoms with E-state index in [4.69, 9.17) is 5.73 Å². The summed E-state index contributed by atoms with van der Waals surface area (Å²) in [6, 6.07) is 15.7. The van der Waals surface area contributed by atoms with Crippen molar-refractivity contribution in [2.75, 3.05) is 16.8 Å². The Labute approximate surface area is 155 Å². The molecule has 0 aliphatic heterocycles. The molecule has 0 bridgehead atoms. The molecular weight excluding hydrogens is 350 g/mol. The second-order valence-electron chi connectivity index (χ2n) is 5.70. The molecule has 3 aromatic rings. The van der Waals surface area contributed by atoms with E-state index < -0.39 is 0 Å². The van der Waals surface area contributed by atoms with Crippen LogP contribution in [0.15, 0.2) is 53.4 Å². The second-order valence-corrected chi connectivity index (χ2v) is 7.95. The lowest BCUT2D eigenvalue weighted by Crippen LogP contribution is -2.13. The monoisotopic (exact) mass is 369 g/mol. The highest BCUT2D eigenvalue weighted by Crippen LogP contribution is 2.30. The SMILES string of the molecule is Cc1ccc(-c2nc(NC(=O)CSc3ccc(N)cc3)sc2C)cc1. The molecule has 1 amide bonds. The highest BCUT2D eigenvalue weighted by molar-refractivity contribution is 8.00. The van der Waals surface area contributed by atoms with Crippen LogP contribution in [0.25, 0.3) is 11.3 Å². The Bertz CT molecular complexity index is 871. The minimum Gasteiger partial charge on any atom is -0.399 e. The van der Waals surface area contributed by atoms with Crippen LogP contribution in [-0.4, -0.2) is 16.6 Å². The van der Waals surface area contributed by atoms with E-state index in [9.17, 15) is 4.79 Å². The third kappa shape index (κ3) is 4.61. The zero-order valence-electron chi connectivity index (χ0n) is 14.1. The molecule has 3 N–H and O–H groups in total. The average Bonchev–Trinajstić information content (AvgIpc) is 2.95. The summed E-state index contributed by atoms with van der Waals surface area (Å²) in [6.45, 7) is 4.08. The molecule has 3 rings (SSSR count). The number of nitrogens with zero attached hydrogens (tertiary/aromatic N) is 1. The zero-order chi connectivity index (χ0) is 17.8. The molecule has 0 fully saturated rings. The van der Waals surface area contributed by atoms with E-state index in [1.807, 2.05) is 31.2 Å². The smallest absolute Gasteiger partial charge is 0.236 e. The number of aryl methyl sites for hydroxylation is 2. The van der Waals surface area contributed by atoms with Gasteiger partial charge in [-0.15, -0.1) is 23.1 Å². The van der Waals surface area contributed by atoms with Crippen molar-refractivity contribution in [3.63, 3.8) is 0 Å². The normalized spacial score (nSPS) is 10.6. The molecule has 0 spiro atoms. The van der Waals surface area contributed by atoms with Crippen LogP contribution in [0.1, 0.15) is 10.4 Å². The Morgan fingerprint density at radius 2 is 1.80 bits per heavy atom. The molecule has 1 heterocycles. The van der Waals surface area contributed by atoms with Crippen LogP contribution < -0.4 is 11.1 Å². The minimum absolute atomic E-state index is 0.0639. The van der Waals surface area contributed by atoms with Crippen LogP contribution >= 0.6 is 23.1 Å². The maximum absolute atomic E-state index is 12.2. The molecule has 0 aliphatic carbocycles. The number of rotatable bonds is 5. The number of carbonyl (C=O) groups is 1. The molecule has 128 valence electrons. The van der Waals surface area contributed by atoms with Crippen molar-refractivity contribution in [2.45, 2.75) is 18.7 Å². The largest absolute Gasteiger partial charge is 0.399 e. The molecule has 0 saturated heterocycles. The maximum atomic E-state index is 12.2. The summed E-state index contributed by atoms with van der Waals surface area (Å²) in [7, 11) is 0. The molecule has 25 heavy (non-hydrogen) atoms. The fourth-order valence-corrected chi connectivity index (χ4v) is 3.85. The van der Waals surface area contributed by atoms with Crippen LogP contribution in [0.5, 0.6) is 0 Å². The number of hydrogen-bond donors (Lipinski definition) is 2. The Balaban J connectivity index is 1.62. The van der Waals surface area contributed by atoms with Crippen molar-refractivity contribution < 1.29 is 4.79 Å². The molecule has 6 heteroatoms. The minimum atomic E-state index is -0.0639. The van der Waals surface area contributed by atoms with Gasteiger partial charge >= 0.3 is 0 Å². The average molecular weight is 370 g/mol. The van der Waals surface area contributed by atoms with Crippen LogP contribution in [0.3, 0.4) is 0 Å². The van der Waals surface area contributed by atoms with Gasteiger partial charge in [-0.2, -0.15) is 0 Å². The van der Waals surface area contributed by atoms with Gasteiger partial charge in [-0.25, -0.2) is 4.98 Å². The summed E-state index contributed by atoms with van der Waals surface area (Å²) in [5, 5.41) is 3.52. The number of thioether (sulfide) groups is 1. The van der Waals surface area contributed by atoms with E-state index >= 15 is 0 Å². The van der Waals surface area contributed by atoms with Gasteiger partial charge in [-0.3, -0.25) is 4.79 Å². The van der Waals surface area contributed by atoms with Crippen molar-refractivity contribution in [1.29, 1.82) is 0 Å². The summed E-state index contributed by atoms with van der Waals surface area (Å²) in [4.78, 5) is 18.8. The summed E-state index contributed by atoms with van der Waals surface area (Å²) in [6.07, 6.45) is 0. The van der Waals surface area contributed by atoms with Gasteiger partial charge in [-0.1, -0.05) is 29.8 Å². The lowest BCUT2D eigenvalue weighted by molar-refractivity contribution is -0.113. The molecule has 0 radical (unpaired) electrons. The van der Waals surface area contributed by atoms with Crippen molar-refractivity contribution in [1.82, 2.24) is 4.98 Å². The summed E-state index contributed by atoms with van der Waals surface area (Å²) in [5.74, 6) is 0.272. The molecule has 0 aliphatic rings. The summed E-state index contributed by atoms with van der Waals surface area (Å²) < 4.78 is 0. The van der Waals surface area contributed by atoms with Gasteiger partial charge < -0.3 is 11.1 Å². The standard InChI is InChI=1S/C19H19N3OS2/c1-12-3-5-14(6-4-12)18-13(2)25-19(22-18)21-17(23)11-24-16-9-7-15(20)8-10-16/h3-10H,11,20H2,1-2H3,(H,21,22,23). The topological polar surface area (TPSA) is 68.0 Å². The van der Waals surface area contributed by atoms with Gasteiger partial charge in [0.1, 0.15) is 0 Å². The van der Waals surface area contributed by atoms with E-state index in [2.05, 4.69) is 41.5 Å². The number of amides is 1. The number of benzene rings is 2. The van der Waals surface area contributed by atoms with Gasteiger partial charge in [0.25, 0.3) is 0 Å². The van der Waals surface area contributed by atoms with Crippen LogP contribution in [0.2, 0.25) is 0 Å². The maximum Gasteiger partial charge on any atom is 0.236 e. The third-order valence-electron chi connectivity index (χ3n) is 3.62. The highest BCUT2D eigenvalue weighted by atomic mass is 32.2. The number of aromatic nitrogens is 1. The summed E-state index contributed by atoms with van der Waals surface area (Å²) in [5.41, 5.74) is 9.58. The Morgan fingerprint density at radius 3 is 2.48 bits per heavy atom. The van der Waals surface area contributed by atoms with Crippen molar-refractivity contribution in [2.24, 2.45) is 0 Å². The van der Waals surface area contributed by atoms with Crippen molar-refractivity contribution in [3.05, 3.63) is 59.0 Å². The Kier molecular flexibility index (Phi) is 5.40. The number of nitrogens with one attached hydrogen (secondary N) is 1. The van der Waals surface area contributed by atoms with E-state index in [1.54, 1.807) is 0 Å². The third-order valence-corrected chi connectivity index (χ3v) is 5.52. The van der Waals surface area contributed by atoms with Gasteiger partial charge in [0.2, 0.25) is 5.91 Å². The van der Waals surface area contributed by atoms with Crippen molar-refractivity contribution >= 4 is 39.8 Å². The van der Waals surface area contributed by atoms with Gasteiger partial charge in [0, 0.05) is 21.0 Å². The number of hydrogen-bond acceptors (Lipinski definition) is 5. The first-order valence-corrected chi connectivity index (χ1v) is 9.64. The Hall–Kier alpha value is -2.31. The molecule has 0 atom stereocenters. The van der Waals surface area contributed by atoms with Gasteiger partial charge in [0.05, 0.1) is 11.4 Å². The van der Waals surface area contributed by atoms with Gasteiger partial charge in [-0.05, 0) is 38.1 Å². The first-order chi connectivity index (χ1) is 12.0. The first-order valence-electron chi connectivity index (χ1n) is 7.84. The summed E-state index contributed by atoms with van der Waals surface area (Å²) >= 11 is 2.97. The quantitative estimate of drug-likeness (QED) is 0.503. The van der Waals surface area contributed by atoms with E-state index in [0.29, 0.717) is 10.9 Å². The predicted molar refractivity (Wildman–Crippen MR) is 107 cm³/mol. The molecular formula is C19H19N3OS2. The molecule has 1 aromatic heterocycles. The fraction of sp³-hybridized carbons (Fsp3) is 0.158. The number of anilines is 2. The zero-order valence-corrected chi connectivity index (χ0v) is 15.7. The van der Waals surface area contributed by atoms with Crippen LogP contribution in [0.4, 0.5) is 10.8 Å². The predicted octanol–water partition coefficient (Wildman–Crippen LogP) is 4.74. The lowest BCUT2D eigenvalue weighted by Gasteiger charge is -2.03. The molecule has 0 unspecified atom stereocenters. The first kappa shape index (κ1) is 17.5. The van der Waals surface area contributed by atoms with E-state index in [-0.39, 0.29) is 5.91 Å². The number of thiazole rings is 1. The van der Waals surface area contributed by atoms with E-state index in [1.165, 1.54) is 28.7 Å². The highest BCUT2D eigenvalue weighted by Gasteiger charge is 2.12. The van der Waals surface area contributed by atoms with Gasteiger partial charge in [0.15, 0.2) is 5.13 Å². The van der Waals surface area contributed by atoms with Crippen LogP contribution in [-0.2, 0) is 4.79 Å². The fourth-order valence-electron chi connectivity index (χ4n) is 2.30. The molecule has 0 saturated carbocycles. The lowest BCUT2D eigenvalue weighted by atomic mass is 10.1. The molecule has 4 nitrogen and oxygen atoms in total.